The molecule has 1 rings (SSSR count). The predicted octanol–water partition coefficient (Wildman–Crippen LogP) is 4.18. The average molecular weight is 496 g/mol. The van der Waals surface area contributed by atoms with E-state index < -0.39 is 41.9 Å². The van der Waals surface area contributed by atoms with Gasteiger partial charge in [0.15, 0.2) is 11.5 Å². The smallest absolute Gasteiger partial charge is 0.480 e. The summed E-state index contributed by atoms with van der Waals surface area (Å²) in [6.07, 6.45) is 2.38. The Morgan fingerprint density at radius 2 is 1.49 bits per heavy atom. The molecule has 196 valence electrons. The first-order chi connectivity index (χ1) is 16.6. The molecule has 0 aliphatic carbocycles. The van der Waals surface area contributed by atoms with E-state index in [1.54, 1.807) is 19.9 Å². The molecule has 1 aromatic rings. The number of rotatable bonds is 15. The van der Waals surface area contributed by atoms with Crippen molar-refractivity contribution in [3.63, 3.8) is 0 Å². The van der Waals surface area contributed by atoms with Crippen molar-refractivity contribution in [2.75, 3.05) is 13.2 Å². The lowest BCUT2D eigenvalue weighted by Crippen LogP contribution is -2.40. The minimum absolute atomic E-state index is 0.00505. The standard InChI is InChI=1S/C25H37NO9/c1-5-8-10-20(27)34-18-13-12-17(14-19(18)35-21(28)11-9-6-2)22(23(26)24(29)30)16(4)15-33-25(31)32-7-3/h12-14,16,22-23H,5-11,15,26H2,1-4H3,(H,29,30)/t16?,22?,23-/m0/s1. The van der Waals surface area contributed by atoms with Crippen molar-refractivity contribution >= 4 is 24.1 Å². The molecule has 0 aliphatic rings. The first-order valence-corrected chi connectivity index (χ1v) is 12.0. The highest BCUT2D eigenvalue weighted by Crippen LogP contribution is 2.36. The van der Waals surface area contributed by atoms with Gasteiger partial charge in [0, 0.05) is 18.8 Å². The van der Waals surface area contributed by atoms with Gasteiger partial charge in [-0.1, -0.05) is 39.7 Å². The molecule has 0 heterocycles. The maximum atomic E-state index is 12.3. The maximum absolute atomic E-state index is 12.3. The van der Waals surface area contributed by atoms with Crippen molar-refractivity contribution in [2.24, 2.45) is 11.7 Å². The summed E-state index contributed by atoms with van der Waals surface area (Å²) < 4.78 is 20.7. The van der Waals surface area contributed by atoms with Gasteiger partial charge in [-0.25, -0.2) is 4.79 Å². The molecule has 0 radical (unpaired) electrons. The molecule has 35 heavy (non-hydrogen) atoms. The lowest BCUT2D eigenvalue weighted by atomic mass is 9.82. The number of ether oxygens (including phenoxy) is 4. The van der Waals surface area contributed by atoms with Crippen LogP contribution in [0.5, 0.6) is 11.5 Å². The molecule has 2 unspecified atom stereocenters. The molecular formula is C25H37NO9. The van der Waals surface area contributed by atoms with Crippen molar-refractivity contribution in [1.29, 1.82) is 0 Å². The van der Waals surface area contributed by atoms with Gasteiger partial charge < -0.3 is 29.8 Å². The van der Waals surface area contributed by atoms with Crippen LogP contribution in [0.1, 0.15) is 77.7 Å². The van der Waals surface area contributed by atoms with Crippen LogP contribution < -0.4 is 15.2 Å². The van der Waals surface area contributed by atoms with Gasteiger partial charge in [0.25, 0.3) is 0 Å². The topological polar surface area (TPSA) is 151 Å². The van der Waals surface area contributed by atoms with Gasteiger partial charge in [-0.2, -0.15) is 0 Å². The average Bonchev–Trinajstić information content (AvgIpc) is 2.81. The fraction of sp³-hybridized carbons (Fsp3) is 0.600. The lowest BCUT2D eigenvalue weighted by Gasteiger charge is -2.28. The third-order valence-electron chi connectivity index (χ3n) is 5.28. The number of carboxylic acids is 1. The Labute approximate surface area is 206 Å². The number of carbonyl (C=O) groups is 4. The summed E-state index contributed by atoms with van der Waals surface area (Å²) in [6, 6.07) is 3.10. The number of aliphatic carboxylic acids is 1. The van der Waals surface area contributed by atoms with Crippen LogP contribution in [-0.2, 0) is 23.9 Å². The Bertz CT molecular complexity index is 855. The quantitative estimate of drug-likeness (QED) is 0.268. The monoisotopic (exact) mass is 495 g/mol. The van der Waals surface area contributed by atoms with Crippen LogP contribution in [0.25, 0.3) is 0 Å². The van der Waals surface area contributed by atoms with Crippen LogP contribution in [-0.4, -0.2) is 48.4 Å². The zero-order chi connectivity index (χ0) is 26.4. The molecule has 10 heteroatoms. The number of nitrogens with two attached hydrogens (primary N) is 1. The number of carbonyl (C=O) groups excluding carboxylic acids is 3. The van der Waals surface area contributed by atoms with E-state index in [-0.39, 0.29) is 37.6 Å². The summed E-state index contributed by atoms with van der Waals surface area (Å²) in [5.41, 5.74) is 6.41. The normalized spacial score (nSPS) is 13.3. The molecule has 1 aromatic carbocycles. The Morgan fingerprint density at radius 1 is 0.914 bits per heavy atom. The Balaban J connectivity index is 3.30. The molecule has 3 atom stereocenters. The zero-order valence-electron chi connectivity index (χ0n) is 20.9. The molecule has 0 aliphatic heterocycles. The minimum Gasteiger partial charge on any atom is -0.480 e. The zero-order valence-corrected chi connectivity index (χ0v) is 20.9. The summed E-state index contributed by atoms with van der Waals surface area (Å²) in [4.78, 5) is 47.8. The van der Waals surface area contributed by atoms with E-state index in [0.29, 0.717) is 18.4 Å². The van der Waals surface area contributed by atoms with Crippen LogP contribution in [0.2, 0.25) is 0 Å². The van der Waals surface area contributed by atoms with Gasteiger partial charge in [0.2, 0.25) is 0 Å². The number of hydrogen-bond donors (Lipinski definition) is 2. The van der Waals surface area contributed by atoms with Gasteiger partial charge in [-0.15, -0.1) is 0 Å². The fourth-order valence-corrected chi connectivity index (χ4v) is 3.39. The minimum atomic E-state index is -1.35. The van der Waals surface area contributed by atoms with Gasteiger partial charge in [0.05, 0.1) is 13.2 Å². The van der Waals surface area contributed by atoms with Crippen molar-refractivity contribution in [1.82, 2.24) is 0 Å². The Kier molecular flexibility index (Phi) is 13.4. The van der Waals surface area contributed by atoms with Crippen LogP contribution in [0.4, 0.5) is 4.79 Å². The number of esters is 2. The Hall–Kier alpha value is -3.14. The van der Waals surface area contributed by atoms with E-state index in [4.69, 9.17) is 24.7 Å². The largest absolute Gasteiger partial charge is 0.508 e. The molecule has 0 saturated heterocycles. The highest BCUT2D eigenvalue weighted by atomic mass is 16.7. The van der Waals surface area contributed by atoms with E-state index in [1.807, 2.05) is 13.8 Å². The second-order valence-electron chi connectivity index (χ2n) is 8.22. The molecule has 10 nitrogen and oxygen atoms in total. The second kappa shape index (κ2) is 15.7. The van der Waals surface area contributed by atoms with Gasteiger partial charge in [-0.3, -0.25) is 14.4 Å². The number of carboxylic acid groups (broad SMARTS) is 1. The molecule has 0 amide bonds. The van der Waals surface area contributed by atoms with Crippen molar-refractivity contribution < 1.29 is 43.2 Å². The first-order valence-electron chi connectivity index (χ1n) is 12.0. The summed E-state index contributed by atoms with van der Waals surface area (Å²) in [7, 11) is 0. The van der Waals surface area contributed by atoms with Crippen LogP contribution in [0, 0.1) is 5.92 Å². The molecule has 0 saturated carbocycles. The molecule has 0 fully saturated rings. The van der Waals surface area contributed by atoms with E-state index in [1.165, 1.54) is 12.1 Å². The molecular weight excluding hydrogens is 458 g/mol. The summed E-state index contributed by atoms with van der Waals surface area (Å²) in [5, 5.41) is 9.58. The maximum Gasteiger partial charge on any atom is 0.508 e. The van der Waals surface area contributed by atoms with Crippen LogP contribution >= 0.6 is 0 Å². The third-order valence-corrected chi connectivity index (χ3v) is 5.28. The summed E-state index contributed by atoms with van der Waals surface area (Å²) >= 11 is 0. The van der Waals surface area contributed by atoms with Crippen molar-refractivity contribution in [2.45, 2.75) is 78.2 Å². The summed E-state index contributed by atoms with van der Waals surface area (Å²) in [6.45, 7) is 7.18. The van der Waals surface area contributed by atoms with E-state index in [2.05, 4.69) is 0 Å². The summed E-state index contributed by atoms with van der Waals surface area (Å²) in [5.74, 6) is -3.54. The highest BCUT2D eigenvalue weighted by molar-refractivity contribution is 5.77. The van der Waals surface area contributed by atoms with E-state index in [0.717, 1.165) is 12.8 Å². The van der Waals surface area contributed by atoms with Crippen LogP contribution in [0.3, 0.4) is 0 Å². The van der Waals surface area contributed by atoms with Crippen molar-refractivity contribution in [3.8, 4) is 11.5 Å². The highest BCUT2D eigenvalue weighted by Gasteiger charge is 2.32. The SMILES string of the molecule is CCCCC(=O)Oc1ccc(C(C(C)COC(=O)OCC)[C@H](N)C(=O)O)cc1OC(=O)CCCC. The number of benzene rings is 1. The van der Waals surface area contributed by atoms with Gasteiger partial charge in [-0.05, 0) is 43.4 Å². The third kappa shape index (κ3) is 10.3. The van der Waals surface area contributed by atoms with Crippen molar-refractivity contribution in [3.05, 3.63) is 23.8 Å². The second-order valence-corrected chi connectivity index (χ2v) is 8.22. The Morgan fingerprint density at radius 3 is 2.00 bits per heavy atom. The number of unbranched alkanes of at least 4 members (excludes halogenated alkanes) is 2. The van der Waals surface area contributed by atoms with E-state index >= 15 is 0 Å². The lowest BCUT2D eigenvalue weighted by molar-refractivity contribution is -0.139. The molecule has 0 bridgehead atoms. The van der Waals surface area contributed by atoms with Gasteiger partial charge >= 0.3 is 24.1 Å². The van der Waals surface area contributed by atoms with E-state index in [9.17, 15) is 24.3 Å². The van der Waals surface area contributed by atoms with Crippen LogP contribution in [0.15, 0.2) is 18.2 Å². The molecule has 3 N–H and O–H groups in total. The number of hydrogen-bond acceptors (Lipinski definition) is 9. The molecule has 0 aromatic heterocycles. The van der Waals surface area contributed by atoms with Gasteiger partial charge in [0.1, 0.15) is 6.04 Å². The predicted molar refractivity (Wildman–Crippen MR) is 127 cm³/mol. The molecule has 0 spiro atoms. The fourth-order valence-electron chi connectivity index (χ4n) is 3.39. The first kappa shape index (κ1) is 29.9.